The highest BCUT2D eigenvalue weighted by molar-refractivity contribution is 8.00. The third-order valence-electron chi connectivity index (χ3n) is 7.48. The van der Waals surface area contributed by atoms with Crippen LogP contribution in [0.5, 0.6) is 0 Å². The number of aryl methyl sites for hydroxylation is 1. The van der Waals surface area contributed by atoms with Crippen molar-refractivity contribution in [2.75, 3.05) is 16.8 Å². The summed E-state index contributed by atoms with van der Waals surface area (Å²) >= 11 is 2.16. The predicted molar refractivity (Wildman–Crippen MR) is 165 cm³/mol. The van der Waals surface area contributed by atoms with E-state index in [2.05, 4.69) is 5.32 Å². The number of carbonyl (C=O) groups is 4. The zero-order valence-corrected chi connectivity index (χ0v) is 24.9. The van der Waals surface area contributed by atoms with Crippen LogP contribution in [0, 0.1) is 12.8 Å². The van der Waals surface area contributed by atoms with E-state index in [4.69, 9.17) is 4.74 Å². The van der Waals surface area contributed by atoms with Gasteiger partial charge in [0.25, 0.3) is 0 Å². The number of thioether (sulfide) groups is 1. The second kappa shape index (κ2) is 11.7. The van der Waals surface area contributed by atoms with Gasteiger partial charge in [-0.3, -0.25) is 23.7 Å². The molecule has 3 heterocycles. The lowest BCUT2D eigenvalue weighted by molar-refractivity contribution is -0.122. The predicted octanol–water partition coefficient (Wildman–Crippen LogP) is 4.83. The lowest BCUT2D eigenvalue weighted by atomic mass is 9.83. The van der Waals surface area contributed by atoms with Gasteiger partial charge in [0, 0.05) is 16.5 Å². The molecule has 2 aliphatic heterocycles. The fourth-order valence-corrected chi connectivity index (χ4v) is 8.24. The van der Waals surface area contributed by atoms with Gasteiger partial charge in [-0.25, -0.2) is 9.69 Å². The summed E-state index contributed by atoms with van der Waals surface area (Å²) in [6, 6.07) is 22.9. The first-order valence-corrected chi connectivity index (χ1v) is 15.4. The molecule has 4 aromatic rings. The number of esters is 1. The van der Waals surface area contributed by atoms with Gasteiger partial charge in [-0.05, 0) is 55.8 Å². The molecule has 1 fully saturated rings. The summed E-state index contributed by atoms with van der Waals surface area (Å²) in [5, 5.41) is 2.54. The molecule has 0 spiro atoms. The number of nitrogens with zero attached hydrogens (tertiary/aromatic N) is 2. The molecular formula is C32H27N3O6S2. The van der Waals surface area contributed by atoms with Gasteiger partial charge in [0.1, 0.15) is 11.8 Å². The standard InChI is InChI=1S/C32H27N3O6S2/c1-3-41-31(39)20-11-15-22(16-12-20)35-28(37)25-24(19-7-5-4-6-8-19)27-30(42-26(25)29(35)38)34(32(40)43-27)17-23(36)33-21-13-9-18(2)10-14-21/h4-16,24-26H,3,17H2,1-2H3,(H,33,36)/t24-,25?,26?/m0/s1. The summed E-state index contributed by atoms with van der Waals surface area (Å²) in [7, 11) is 0. The number of aromatic nitrogens is 1. The van der Waals surface area contributed by atoms with Gasteiger partial charge in [0.15, 0.2) is 0 Å². The van der Waals surface area contributed by atoms with Gasteiger partial charge in [-0.2, -0.15) is 0 Å². The first kappa shape index (κ1) is 28.6. The molecule has 1 N–H and O–H groups in total. The molecule has 0 bridgehead atoms. The molecule has 11 heteroatoms. The van der Waals surface area contributed by atoms with Crippen LogP contribution in [0.4, 0.5) is 11.4 Å². The number of hydrogen-bond donors (Lipinski definition) is 1. The monoisotopic (exact) mass is 613 g/mol. The molecule has 1 aromatic heterocycles. The normalized spacial score (nSPS) is 19.1. The smallest absolute Gasteiger partial charge is 0.338 e. The van der Waals surface area contributed by atoms with E-state index in [1.807, 2.05) is 49.4 Å². The maximum Gasteiger partial charge on any atom is 0.338 e. The molecule has 0 aliphatic carbocycles. The van der Waals surface area contributed by atoms with Crippen LogP contribution in [0.3, 0.4) is 0 Å². The number of carbonyl (C=O) groups excluding carboxylic acids is 4. The Morgan fingerprint density at radius 3 is 2.28 bits per heavy atom. The van der Waals surface area contributed by atoms with E-state index in [0.29, 0.717) is 26.8 Å². The summed E-state index contributed by atoms with van der Waals surface area (Å²) < 4.78 is 6.44. The first-order chi connectivity index (χ1) is 20.8. The second-order valence-corrected chi connectivity index (χ2v) is 12.4. The number of benzene rings is 3. The highest BCUT2D eigenvalue weighted by Crippen LogP contribution is 2.53. The van der Waals surface area contributed by atoms with Crippen LogP contribution in [0.2, 0.25) is 0 Å². The second-order valence-electron chi connectivity index (χ2n) is 10.3. The number of anilines is 2. The van der Waals surface area contributed by atoms with Crippen LogP contribution in [-0.2, 0) is 25.7 Å². The van der Waals surface area contributed by atoms with Gasteiger partial charge in [0.05, 0.1) is 28.8 Å². The quantitative estimate of drug-likeness (QED) is 0.235. The van der Waals surface area contributed by atoms with E-state index in [1.165, 1.54) is 16.7 Å². The van der Waals surface area contributed by atoms with E-state index < -0.39 is 29.0 Å². The molecule has 3 aromatic carbocycles. The van der Waals surface area contributed by atoms with Gasteiger partial charge >= 0.3 is 10.8 Å². The number of fused-ring (bicyclic) bond motifs is 2. The molecule has 218 valence electrons. The van der Waals surface area contributed by atoms with Crippen LogP contribution < -0.4 is 15.1 Å². The highest BCUT2D eigenvalue weighted by atomic mass is 32.2. The number of rotatable bonds is 7. The van der Waals surface area contributed by atoms with E-state index in [-0.39, 0.29) is 29.8 Å². The van der Waals surface area contributed by atoms with Crippen LogP contribution in [0.25, 0.3) is 0 Å². The number of ether oxygens (including phenoxy) is 1. The fourth-order valence-electron chi connectivity index (χ4n) is 5.47. The van der Waals surface area contributed by atoms with Crippen molar-refractivity contribution < 1.29 is 23.9 Å². The fraction of sp³-hybridized carbons (Fsp3) is 0.219. The molecule has 9 nitrogen and oxygen atoms in total. The minimum Gasteiger partial charge on any atom is -0.462 e. The Bertz CT molecular complexity index is 1780. The zero-order chi connectivity index (χ0) is 30.2. The van der Waals surface area contributed by atoms with Gasteiger partial charge in [-0.15, -0.1) is 0 Å². The molecular weight excluding hydrogens is 587 g/mol. The number of imide groups is 1. The minimum atomic E-state index is -0.810. The first-order valence-electron chi connectivity index (χ1n) is 13.7. The van der Waals surface area contributed by atoms with Gasteiger partial charge < -0.3 is 10.1 Å². The zero-order valence-electron chi connectivity index (χ0n) is 23.3. The minimum absolute atomic E-state index is 0.230. The lowest BCUT2D eigenvalue weighted by Gasteiger charge is -2.30. The summed E-state index contributed by atoms with van der Waals surface area (Å²) in [4.78, 5) is 67.8. The Morgan fingerprint density at radius 2 is 1.60 bits per heavy atom. The Kier molecular flexibility index (Phi) is 7.76. The summed E-state index contributed by atoms with van der Waals surface area (Å²) in [5.41, 5.74) is 3.14. The van der Waals surface area contributed by atoms with Gasteiger partial charge in [0.2, 0.25) is 17.7 Å². The maximum atomic E-state index is 14.0. The summed E-state index contributed by atoms with van der Waals surface area (Å²) in [5.74, 6) is -2.97. The number of thiazole rings is 1. The molecule has 1 saturated heterocycles. The van der Waals surface area contributed by atoms with Gasteiger partial charge in [-0.1, -0.05) is 71.1 Å². The number of hydrogen-bond acceptors (Lipinski definition) is 8. The molecule has 2 unspecified atom stereocenters. The van der Waals surface area contributed by atoms with E-state index in [1.54, 1.807) is 31.2 Å². The highest BCUT2D eigenvalue weighted by Gasteiger charge is 2.56. The maximum absolute atomic E-state index is 14.0. The largest absolute Gasteiger partial charge is 0.462 e. The third-order valence-corrected chi connectivity index (χ3v) is 10.1. The van der Waals surface area contributed by atoms with Crippen molar-refractivity contribution in [3.8, 4) is 0 Å². The Balaban J connectivity index is 1.35. The third kappa shape index (κ3) is 5.30. The average Bonchev–Trinajstić information content (AvgIpc) is 3.45. The van der Waals surface area contributed by atoms with Crippen molar-refractivity contribution >= 4 is 58.2 Å². The van der Waals surface area contributed by atoms with E-state index in [9.17, 15) is 24.0 Å². The molecule has 0 radical (unpaired) electrons. The van der Waals surface area contributed by atoms with Crippen molar-refractivity contribution in [1.82, 2.24) is 4.57 Å². The number of nitrogens with one attached hydrogen (secondary N) is 1. The van der Waals surface area contributed by atoms with Crippen molar-refractivity contribution in [1.29, 1.82) is 0 Å². The van der Waals surface area contributed by atoms with Crippen molar-refractivity contribution in [2.24, 2.45) is 5.92 Å². The Hall–Kier alpha value is -4.48. The Morgan fingerprint density at radius 1 is 0.907 bits per heavy atom. The van der Waals surface area contributed by atoms with E-state index >= 15 is 0 Å². The topological polar surface area (TPSA) is 115 Å². The van der Waals surface area contributed by atoms with Crippen LogP contribution in [-0.4, -0.2) is 40.1 Å². The summed E-state index contributed by atoms with van der Waals surface area (Å²) in [6.45, 7) is 3.66. The number of amides is 3. The van der Waals surface area contributed by atoms with Crippen molar-refractivity contribution in [2.45, 2.75) is 36.6 Å². The molecule has 3 amide bonds. The van der Waals surface area contributed by atoms with E-state index in [0.717, 1.165) is 39.1 Å². The molecule has 6 rings (SSSR count). The molecule has 2 aliphatic rings. The van der Waals surface area contributed by atoms with Crippen LogP contribution in [0.15, 0.2) is 88.7 Å². The molecule has 43 heavy (non-hydrogen) atoms. The SMILES string of the molecule is CCOC(=O)c1ccc(N2C(=O)C3Sc4c(sc(=O)n4CC(=O)Nc4ccc(C)cc4)[C@@H](c4ccccc4)C3C2=O)cc1. The van der Waals surface area contributed by atoms with Crippen molar-refractivity contribution in [3.63, 3.8) is 0 Å². The Labute approximate surface area is 255 Å². The van der Waals surface area contributed by atoms with Crippen molar-refractivity contribution in [3.05, 3.63) is 110 Å². The van der Waals surface area contributed by atoms with Crippen LogP contribution >= 0.6 is 23.1 Å². The lowest BCUT2D eigenvalue weighted by Crippen LogP contribution is -2.33. The molecule has 0 saturated carbocycles. The van der Waals surface area contributed by atoms with Crippen LogP contribution in [0.1, 0.15) is 39.2 Å². The average molecular weight is 614 g/mol. The molecule has 3 atom stereocenters. The summed E-state index contributed by atoms with van der Waals surface area (Å²) in [6.07, 6.45) is 0.